The first kappa shape index (κ1) is 23.5. The summed E-state index contributed by atoms with van der Waals surface area (Å²) in [5.74, 6) is 0. The van der Waals surface area contributed by atoms with E-state index >= 15 is 0 Å². The standard InChI is InChI=1S/C23H32O5SSi/c1-23(2,3)30(16-11-7-5-8-12-16,17-13-9-6-10-14-17)27-15-18-19(24)20(25)21(26)22(28-18)29-4/h5-14,18-22,24-26H,15H2,1-4H3/t18?,19-,20-,21-,22?/m0/s1. The normalized spacial score (nSPS) is 27.8. The van der Waals surface area contributed by atoms with Crippen molar-refractivity contribution in [3.05, 3.63) is 60.7 Å². The summed E-state index contributed by atoms with van der Waals surface area (Å²) in [5.41, 5.74) is -0.615. The molecule has 0 aliphatic carbocycles. The first-order valence-corrected chi connectivity index (χ1v) is 13.4. The van der Waals surface area contributed by atoms with Crippen LogP contribution in [-0.2, 0) is 9.16 Å². The minimum absolute atomic E-state index is 0.120. The number of thioether (sulfide) groups is 1. The van der Waals surface area contributed by atoms with E-state index in [1.165, 1.54) is 11.8 Å². The van der Waals surface area contributed by atoms with Crippen LogP contribution in [0, 0.1) is 0 Å². The number of benzene rings is 2. The van der Waals surface area contributed by atoms with Crippen LogP contribution < -0.4 is 10.4 Å². The van der Waals surface area contributed by atoms with Crippen molar-refractivity contribution in [1.82, 2.24) is 0 Å². The van der Waals surface area contributed by atoms with E-state index in [0.717, 1.165) is 10.4 Å². The number of rotatable bonds is 6. The summed E-state index contributed by atoms with van der Waals surface area (Å²) in [5, 5.41) is 33.1. The minimum atomic E-state index is -2.78. The SMILES string of the molecule is CSC1OC(CO[Si](c2ccccc2)(c2ccccc2)C(C)(C)C)[C@H](O)[C@H](O)[C@@H]1O. The molecule has 2 aromatic carbocycles. The Labute approximate surface area is 184 Å². The minimum Gasteiger partial charge on any atom is -0.405 e. The van der Waals surface area contributed by atoms with Crippen molar-refractivity contribution in [1.29, 1.82) is 0 Å². The van der Waals surface area contributed by atoms with Gasteiger partial charge in [-0.2, -0.15) is 0 Å². The lowest BCUT2D eigenvalue weighted by molar-refractivity contribution is -0.204. The van der Waals surface area contributed by atoms with Crippen LogP contribution in [0.5, 0.6) is 0 Å². The highest BCUT2D eigenvalue weighted by atomic mass is 32.2. The molecule has 0 saturated carbocycles. The fourth-order valence-corrected chi connectivity index (χ4v) is 9.48. The van der Waals surface area contributed by atoms with Gasteiger partial charge in [-0.25, -0.2) is 0 Å². The first-order chi connectivity index (χ1) is 14.2. The zero-order chi connectivity index (χ0) is 21.9. The quantitative estimate of drug-likeness (QED) is 0.584. The molecule has 7 heteroatoms. The van der Waals surface area contributed by atoms with E-state index in [9.17, 15) is 15.3 Å². The van der Waals surface area contributed by atoms with Crippen molar-refractivity contribution in [2.75, 3.05) is 12.9 Å². The highest BCUT2D eigenvalue weighted by Crippen LogP contribution is 2.37. The predicted octanol–water partition coefficient (Wildman–Crippen LogP) is 1.73. The molecule has 0 spiro atoms. The molecule has 5 atom stereocenters. The molecule has 1 aliphatic rings. The Hall–Kier alpha value is -1.19. The monoisotopic (exact) mass is 448 g/mol. The average Bonchev–Trinajstić information content (AvgIpc) is 2.74. The molecular formula is C23H32O5SSi. The van der Waals surface area contributed by atoms with Crippen LogP contribution in [0.2, 0.25) is 5.04 Å². The maximum absolute atomic E-state index is 10.6. The van der Waals surface area contributed by atoms with Crippen LogP contribution >= 0.6 is 11.8 Å². The zero-order valence-electron chi connectivity index (χ0n) is 17.9. The van der Waals surface area contributed by atoms with E-state index in [2.05, 4.69) is 45.0 Å². The predicted molar refractivity (Wildman–Crippen MR) is 124 cm³/mol. The molecule has 0 bridgehead atoms. The summed E-state index contributed by atoms with van der Waals surface area (Å²) in [7, 11) is -2.78. The Kier molecular flexibility index (Phi) is 7.45. The highest BCUT2D eigenvalue weighted by Gasteiger charge is 2.52. The summed E-state index contributed by atoms with van der Waals surface area (Å²) >= 11 is 1.31. The molecule has 0 radical (unpaired) electrons. The third-order valence-electron chi connectivity index (χ3n) is 5.78. The molecular weight excluding hydrogens is 416 g/mol. The van der Waals surface area contributed by atoms with E-state index in [1.807, 2.05) is 36.4 Å². The van der Waals surface area contributed by atoms with Crippen LogP contribution in [0.1, 0.15) is 20.8 Å². The van der Waals surface area contributed by atoms with Gasteiger partial charge in [0.25, 0.3) is 8.32 Å². The van der Waals surface area contributed by atoms with Crippen LogP contribution in [0.3, 0.4) is 0 Å². The van der Waals surface area contributed by atoms with Gasteiger partial charge in [0.2, 0.25) is 0 Å². The fourth-order valence-electron chi connectivity index (χ4n) is 4.22. The summed E-state index contributed by atoms with van der Waals surface area (Å²) in [6.07, 6.45) is -2.56. The van der Waals surface area contributed by atoms with Gasteiger partial charge in [0.1, 0.15) is 29.9 Å². The van der Waals surface area contributed by atoms with Crippen molar-refractivity contribution >= 4 is 30.5 Å². The van der Waals surface area contributed by atoms with Gasteiger partial charge in [-0.1, -0.05) is 81.4 Å². The Bertz CT molecular complexity index is 757. The Morgan fingerprint density at radius 1 is 0.867 bits per heavy atom. The molecule has 2 aromatic rings. The van der Waals surface area contributed by atoms with Crippen molar-refractivity contribution in [2.45, 2.75) is 55.7 Å². The first-order valence-electron chi connectivity index (χ1n) is 10.2. The number of hydrogen-bond donors (Lipinski definition) is 3. The van der Waals surface area contributed by atoms with Gasteiger partial charge in [-0.15, -0.1) is 11.8 Å². The number of aliphatic hydroxyl groups is 3. The third-order valence-corrected chi connectivity index (χ3v) is 11.6. The van der Waals surface area contributed by atoms with Gasteiger partial charge in [0.05, 0.1) is 6.61 Å². The Morgan fingerprint density at radius 2 is 1.37 bits per heavy atom. The Morgan fingerprint density at radius 3 is 1.80 bits per heavy atom. The van der Waals surface area contributed by atoms with E-state index in [1.54, 1.807) is 6.26 Å². The summed E-state index contributed by atoms with van der Waals surface area (Å²) in [4.78, 5) is 0. The lowest BCUT2D eigenvalue weighted by atomic mass is 10.0. The smallest absolute Gasteiger partial charge is 0.261 e. The largest absolute Gasteiger partial charge is 0.405 e. The van der Waals surface area contributed by atoms with Gasteiger partial charge in [0.15, 0.2) is 0 Å². The van der Waals surface area contributed by atoms with Crippen LogP contribution in [0.15, 0.2) is 60.7 Å². The zero-order valence-corrected chi connectivity index (χ0v) is 19.8. The molecule has 1 saturated heterocycles. The number of aliphatic hydroxyl groups excluding tert-OH is 3. The molecule has 0 amide bonds. The van der Waals surface area contributed by atoms with Crippen molar-refractivity contribution in [2.24, 2.45) is 0 Å². The van der Waals surface area contributed by atoms with E-state index in [4.69, 9.17) is 9.16 Å². The van der Waals surface area contributed by atoms with Crippen molar-refractivity contribution < 1.29 is 24.5 Å². The summed E-state index contributed by atoms with van der Waals surface area (Å²) < 4.78 is 12.7. The molecule has 1 fully saturated rings. The van der Waals surface area contributed by atoms with Gasteiger partial charge in [-0.05, 0) is 21.7 Å². The van der Waals surface area contributed by atoms with Crippen molar-refractivity contribution in [3.63, 3.8) is 0 Å². The summed E-state index contributed by atoms with van der Waals surface area (Å²) in [6, 6.07) is 20.5. The Balaban J connectivity index is 2.00. The van der Waals surface area contributed by atoms with Crippen LogP contribution in [-0.4, -0.2) is 66.4 Å². The number of hydrogen-bond acceptors (Lipinski definition) is 6. The second-order valence-electron chi connectivity index (χ2n) is 8.72. The van der Waals surface area contributed by atoms with E-state index in [0.29, 0.717) is 0 Å². The fraction of sp³-hybridized carbons (Fsp3) is 0.478. The average molecular weight is 449 g/mol. The van der Waals surface area contributed by atoms with E-state index < -0.39 is 38.2 Å². The molecule has 3 N–H and O–H groups in total. The number of ether oxygens (including phenoxy) is 1. The molecule has 0 aromatic heterocycles. The molecule has 1 heterocycles. The van der Waals surface area contributed by atoms with Gasteiger partial charge in [0, 0.05) is 0 Å². The van der Waals surface area contributed by atoms with Crippen LogP contribution in [0.4, 0.5) is 0 Å². The molecule has 5 nitrogen and oxygen atoms in total. The highest BCUT2D eigenvalue weighted by molar-refractivity contribution is 7.99. The van der Waals surface area contributed by atoms with Gasteiger partial charge >= 0.3 is 0 Å². The third kappa shape index (κ3) is 4.39. The van der Waals surface area contributed by atoms with Gasteiger partial charge < -0.3 is 24.5 Å². The summed E-state index contributed by atoms with van der Waals surface area (Å²) in [6.45, 7) is 6.66. The molecule has 1 aliphatic heterocycles. The topological polar surface area (TPSA) is 79.2 Å². The maximum Gasteiger partial charge on any atom is 0.261 e. The van der Waals surface area contributed by atoms with Crippen molar-refractivity contribution in [3.8, 4) is 0 Å². The molecule has 164 valence electrons. The lowest BCUT2D eigenvalue weighted by Gasteiger charge is -2.45. The van der Waals surface area contributed by atoms with Gasteiger partial charge in [-0.3, -0.25) is 0 Å². The molecule has 3 rings (SSSR count). The molecule has 2 unspecified atom stereocenters. The lowest BCUT2D eigenvalue weighted by Crippen LogP contribution is -2.68. The molecule has 30 heavy (non-hydrogen) atoms. The maximum atomic E-state index is 10.6. The second kappa shape index (κ2) is 9.52. The second-order valence-corrected chi connectivity index (χ2v) is 14.0. The van der Waals surface area contributed by atoms with Crippen LogP contribution in [0.25, 0.3) is 0 Å². The van der Waals surface area contributed by atoms with E-state index in [-0.39, 0.29) is 11.6 Å².